The van der Waals surface area contributed by atoms with Crippen molar-refractivity contribution in [2.75, 3.05) is 5.32 Å². The van der Waals surface area contributed by atoms with E-state index in [9.17, 15) is 4.79 Å². The molecule has 0 bridgehead atoms. The number of aromatic nitrogens is 1. The second kappa shape index (κ2) is 5.03. The Morgan fingerprint density at radius 3 is 3.00 bits per heavy atom. The van der Waals surface area contributed by atoms with Crippen LogP contribution >= 0.6 is 38.9 Å². The van der Waals surface area contributed by atoms with Gasteiger partial charge < -0.3 is 10.4 Å². The van der Waals surface area contributed by atoms with Gasteiger partial charge in [0.1, 0.15) is 5.00 Å². The van der Waals surface area contributed by atoms with Crippen LogP contribution in [0.3, 0.4) is 0 Å². The normalized spacial score (nSPS) is 10.2. The van der Waals surface area contributed by atoms with E-state index in [0.29, 0.717) is 15.7 Å². The van der Waals surface area contributed by atoms with Gasteiger partial charge in [-0.2, -0.15) is 0 Å². The molecule has 1 aromatic carbocycles. The van der Waals surface area contributed by atoms with Crippen molar-refractivity contribution in [3.05, 3.63) is 38.9 Å². The third-order valence-corrected chi connectivity index (χ3v) is 3.62. The van der Waals surface area contributed by atoms with Gasteiger partial charge in [0, 0.05) is 9.50 Å². The van der Waals surface area contributed by atoms with E-state index >= 15 is 0 Å². The van der Waals surface area contributed by atoms with Crippen LogP contribution < -0.4 is 5.32 Å². The number of rotatable bonds is 3. The number of nitrogens with zero attached hydrogens (tertiary/aromatic N) is 1. The number of anilines is 2. The molecule has 17 heavy (non-hydrogen) atoms. The first-order valence-corrected chi connectivity index (χ1v) is 6.52. The highest BCUT2D eigenvalue weighted by molar-refractivity contribution is 9.10. The van der Waals surface area contributed by atoms with Gasteiger partial charge in [-0.15, -0.1) is 11.3 Å². The van der Waals surface area contributed by atoms with Crippen LogP contribution in [0.5, 0.6) is 0 Å². The summed E-state index contributed by atoms with van der Waals surface area (Å²) in [6.45, 7) is 0. The predicted octanol–water partition coefficient (Wildman–Crippen LogP) is 4.00. The molecular weight excluding hydrogens is 328 g/mol. The first kappa shape index (κ1) is 12.3. The highest BCUT2D eigenvalue weighted by Gasteiger charge is 2.14. The van der Waals surface area contributed by atoms with E-state index in [1.54, 1.807) is 18.2 Å². The Labute approximate surface area is 114 Å². The summed E-state index contributed by atoms with van der Waals surface area (Å²) in [6.07, 6.45) is 0. The van der Waals surface area contributed by atoms with Crippen molar-refractivity contribution in [3.8, 4) is 0 Å². The lowest BCUT2D eigenvalue weighted by Gasteiger charge is -2.07. The zero-order valence-electron chi connectivity index (χ0n) is 8.28. The second-order valence-electron chi connectivity index (χ2n) is 3.08. The third-order valence-electron chi connectivity index (χ3n) is 1.95. The van der Waals surface area contributed by atoms with E-state index in [2.05, 4.69) is 26.2 Å². The van der Waals surface area contributed by atoms with E-state index in [0.717, 1.165) is 4.47 Å². The Morgan fingerprint density at radius 1 is 1.53 bits per heavy atom. The molecule has 1 heterocycles. The minimum absolute atomic E-state index is 0.00174. The van der Waals surface area contributed by atoms with Gasteiger partial charge >= 0.3 is 5.97 Å². The van der Waals surface area contributed by atoms with Gasteiger partial charge in [0.05, 0.1) is 11.2 Å². The molecule has 0 saturated heterocycles. The maximum atomic E-state index is 10.9. The molecule has 0 amide bonds. The monoisotopic (exact) mass is 332 g/mol. The molecule has 7 heteroatoms. The Bertz CT molecular complexity index is 573. The van der Waals surface area contributed by atoms with Crippen LogP contribution in [0.2, 0.25) is 5.02 Å². The molecule has 0 spiro atoms. The minimum Gasteiger partial charge on any atom is -0.476 e. The van der Waals surface area contributed by atoms with Crippen molar-refractivity contribution < 1.29 is 9.90 Å². The number of benzene rings is 1. The van der Waals surface area contributed by atoms with Crippen molar-refractivity contribution in [1.82, 2.24) is 4.98 Å². The zero-order chi connectivity index (χ0) is 12.4. The van der Waals surface area contributed by atoms with E-state index in [4.69, 9.17) is 16.7 Å². The number of halogens is 2. The van der Waals surface area contributed by atoms with Crippen LogP contribution in [0, 0.1) is 0 Å². The summed E-state index contributed by atoms with van der Waals surface area (Å²) in [6, 6.07) is 5.23. The van der Waals surface area contributed by atoms with Gasteiger partial charge in [-0.3, -0.25) is 0 Å². The van der Waals surface area contributed by atoms with Crippen LogP contribution in [-0.2, 0) is 0 Å². The van der Waals surface area contributed by atoms with Crippen molar-refractivity contribution in [2.45, 2.75) is 0 Å². The smallest absolute Gasteiger partial charge is 0.357 e. The van der Waals surface area contributed by atoms with Crippen LogP contribution in [-0.4, -0.2) is 16.1 Å². The van der Waals surface area contributed by atoms with Crippen LogP contribution in [0.4, 0.5) is 10.7 Å². The quantitative estimate of drug-likeness (QED) is 0.891. The van der Waals surface area contributed by atoms with Crippen LogP contribution in [0.1, 0.15) is 10.5 Å². The van der Waals surface area contributed by atoms with Gasteiger partial charge in [0.25, 0.3) is 0 Å². The summed E-state index contributed by atoms with van der Waals surface area (Å²) in [5, 5.41) is 12.9. The van der Waals surface area contributed by atoms with Crippen molar-refractivity contribution in [1.29, 1.82) is 0 Å². The third kappa shape index (κ3) is 2.77. The summed E-state index contributed by atoms with van der Waals surface area (Å²) in [4.78, 5) is 14.7. The first-order chi connectivity index (χ1) is 8.08. The summed E-state index contributed by atoms with van der Waals surface area (Å²) >= 11 is 10.4. The van der Waals surface area contributed by atoms with Gasteiger partial charge in [0.2, 0.25) is 0 Å². The Hall–Kier alpha value is -1.11. The second-order valence-corrected chi connectivity index (χ2v) is 5.23. The Kier molecular flexibility index (Phi) is 3.66. The molecule has 2 rings (SSSR count). The molecule has 88 valence electrons. The van der Waals surface area contributed by atoms with E-state index in [-0.39, 0.29) is 5.69 Å². The summed E-state index contributed by atoms with van der Waals surface area (Å²) in [5.74, 6) is -1.06. The molecule has 1 aromatic heterocycles. The van der Waals surface area contributed by atoms with Crippen molar-refractivity contribution in [3.63, 3.8) is 0 Å². The number of carbonyl (C=O) groups is 1. The number of thiazole rings is 1. The Morgan fingerprint density at radius 2 is 2.29 bits per heavy atom. The maximum Gasteiger partial charge on any atom is 0.357 e. The molecule has 0 atom stereocenters. The first-order valence-electron chi connectivity index (χ1n) is 4.47. The van der Waals surface area contributed by atoms with Crippen molar-refractivity contribution in [2.24, 2.45) is 0 Å². The number of hydrogen-bond donors (Lipinski definition) is 2. The van der Waals surface area contributed by atoms with Crippen LogP contribution in [0.25, 0.3) is 0 Å². The zero-order valence-corrected chi connectivity index (χ0v) is 11.4. The summed E-state index contributed by atoms with van der Waals surface area (Å²) in [5.41, 5.74) is 2.18. The number of hydrogen-bond acceptors (Lipinski definition) is 4. The molecule has 0 aliphatic heterocycles. The van der Waals surface area contributed by atoms with E-state index < -0.39 is 5.97 Å². The van der Waals surface area contributed by atoms with E-state index in [1.165, 1.54) is 16.8 Å². The summed E-state index contributed by atoms with van der Waals surface area (Å²) in [7, 11) is 0. The molecule has 0 fully saturated rings. The molecule has 0 aliphatic carbocycles. The average molecular weight is 334 g/mol. The highest BCUT2D eigenvalue weighted by atomic mass is 79.9. The number of aromatic carboxylic acids is 1. The largest absolute Gasteiger partial charge is 0.476 e. The molecule has 0 radical (unpaired) electrons. The molecule has 0 unspecified atom stereocenters. The standard InChI is InChI=1S/C10H6BrClN2O2S/c11-6-2-1-5(12)3-7(6)14-9-8(10(15)16)13-4-17-9/h1-4,14H,(H,15,16). The number of carboxylic acids is 1. The molecule has 4 nitrogen and oxygen atoms in total. The van der Waals surface area contributed by atoms with Gasteiger partial charge in [0.15, 0.2) is 5.69 Å². The fraction of sp³-hybridized carbons (Fsp3) is 0. The fourth-order valence-corrected chi connectivity index (χ4v) is 2.40. The Balaban J connectivity index is 2.34. The molecular formula is C10H6BrClN2O2S. The number of nitrogens with one attached hydrogen (secondary N) is 1. The average Bonchev–Trinajstić information content (AvgIpc) is 2.71. The summed E-state index contributed by atoms with van der Waals surface area (Å²) < 4.78 is 0.798. The SMILES string of the molecule is O=C(O)c1ncsc1Nc1cc(Cl)ccc1Br. The maximum absolute atomic E-state index is 10.9. The van der Waals surface area contributed by atoms with E-state index in [1.807, 2.05) is 0 Å². The molecule has 2 N–H and O–H groups in total. The lowest BCUT2D eigenvalue weighted by Crippen LogP contribution is -2.01. The molecule has 0 aliphatic rings. The minimum atomic E-state index is -1.06. The molecule has 2 aromatic rings. The molecule has 0 saturated carbocycles. The van der Waals surface area contributed by atoms with Crippen LogP contribution in [0.15, 0.2) is 28.2 Å². The lowest BCUT2D eigenvalue weighted by molar-refractivity contribution is 0.0692. The van der Waals surface area contributed by atoms with Gasteiger partial charge in [-0.25, -0.2) is 9.78 Å². The predicted molar refractivity (Wildman–Crippen MR) is 71.5 cm³/mol. The lowest BCUT2D eigenvalue weighted by atomic mass is 10.3. The number of carboxylic acid groups (broad SMARTS) is 1. The van der Waals surface area contributed by atoms with Crippen molar-refractivity contribution >= 4 is 55.5 Å². The van der Waals surface area contributed by atoms with Gasteiger partial charge in [-0.05, 0) is 34.1 Å². The highest BCUT2D eigenvalue weighted by Crippen LogP contribution is 2.31. The van der Waals surface area contributed by atoms with Gasteiger partial charge in [-0.1, -0.05) is 11.6 Å². The fourth-order valence-electron chi connectivity index (χ4n) is 1.20. The topological polar surface area (TPSA) is 62.2 Å².